The maximum atomic E-state index is 5.58. The van der Waals surface area contributed by atoms with Gasteiger partial charge in [0.15, 0.2) is 17.5 Å². The number of hydrogen-bond donors (Lipinski definition) is 2. The van der Waals surface area contributed by atoms with E-state index in [1.54, 1.807) is 14.2 Å². The lowest BCUT2D eigenvalue weighted by Gasteiger charge is -2.30. The molecular formula is C21H36IN3O3. The second kappa shape index (κ2) is 13.1. The Morgan fingerprint density at radius 3 is 2.50 bits per heavy atom. The molecule has 0 bridgehead atoms. The van der Waals surface area contributed by atoms with E-state index in [0.29, 0.717) is 18.6 Å². The molecular weight excluding hydrogens is 469 g/mol. The van der Waals surface area contributed by atoms with Crippen molar-refractivity contribution < 1.29 is 14.2 Å². The van der Waals surface area contributed by atoms with Crippen LogP contribution in [0, 0.1) is 5.41 Å². The van der Waals surface area contributed by atoms with Gasteiger partial charge in [0.25, 0.3) is 0 Å². The lowest BCUT2D eigenvalue weighted by atomic mass is 9.83. The van der Waals surface area contributed by atoms with Gasteiger partial charge in [-0.25, -0.2) is 0 Å². The van der Waals surface area contributed by atoms with Crippen molar-refractivity contribution in [3.8, 4) is 11.5 Å². The van der Waals surface area contributed by atoms with Crippen molar-refractivity contribution in [1.29, 1.82) is 0 Å². The van der Waals surface area contributed by atoms with Gasteiger partial charge in [0, 0.05) is 33.9 Å². The molecule has 0 aliphatic heterocycles. The zero-order chi connectivity index (χ0) is 19.5. The van der Waals surface area contributed by atoms with Crippen molar-refractivity contribution in [2.75, 3.05) is 41.0 Å². The number of methoxy groups -OCH3 is 2. The molecule has 0 atom stereocenters. The molecule has 6 nitrogen and oxygen atoms in total. The minimum absolute atomic E-state index is 0. The number of rotatable bonds is 10. The van der Waals surface area contributed by atoms with Gasteiger partial charge in [-0.1, -0.05) is 18.9 Å². The molecule has 1 aromatic carbocycles. The van der Waals surface area contributed by atoms with Gasteiger partial charge in [-0.05, 0) is 49.3 Å². The number of nitrogens with zero attached hydrogens (tertiary/aromatic N) is 1. The molecule has 0 spiro atoms. The average Bonchev–Trinajstić information content (AvgIpc) is 3.16. The fraction of sp³-hybridized carbons (Fsp3) is 0.667. The number of aliphatic imine (C=N–C) groups is 1. The number of guanidine groups is 1. The molecule has 0 radical (unpaired) electrons. The smallest absolute Gasteiger partial charge is 0.191 e. The van der Waals surface area contributed by atoms with E-state index >= 15 is 0 Å². The predicted octanol–water partition coefficient (Wildman–Crippen LogP) is 3.97. The van der Waals surface area contributed by atoms with Crippen LogP contribution in [0.4, 0.5) is 0 Å². The highest BCUT2D eigenvalue weighted by Gasteiger charge is 2.33. The van der Waals surface area contributed by atoms with Crippen molar-refractivity contribution in [2.24, 2.45) is 10.4 Å². The second-order valence-corrected chi connectivity index (χ2v) is 7.15. The molecule has 0 unspecified atom stereocenters. The first-order valence-corrected chi connectivity index (χ1v) is 9.89. The van der Waals surface area contributed by atoms with Gasteiger partial charge in [0.05, 0.1) is 13.7 Å². The Bertz CT molecular complexity index is 605. The molecule has 28 heavy (non-hydrogen) atoms. The van der Waals surface area contributed by atoms with Crippen LogP contribution in [0.3, 0.4) is 0 Å². The minimum atomic E-state index is 0. The van der Waals surface area contributed by atoms with E-state index in [1.165, 1.54) is 25.7 Å². The molecule has 1 aliphatic carbocycles. The van der Waals surface area contributed by atoms with Gasteiger partial charge in [-0.3, -0.25) is 4.99 Å². The Kier molecular flexibility index (Phi) is 11.6. The van der Waals surface area contributed by atoms with Crippen LogP contribution in [0.15, 0.2) is 23.2 Å². The third-order valence-corrected chi connectivity index (χ3v) is 5.34. The standard InChI is InChI=1S/C21H35N3O3.HI/c1-5-27-18-9-8-17(14-19(18)26-4)15-23-20(22-2)24-16-21(12-13-25-3)10-6-7-11-21;/h8-9,14H,5-7,10-13,15-16H2,1-4H3,(H2,22,23,24);1H. The molecule has 160 valence electrons. The van der Waals surface area contributed by atoms with Crippen LogP contribution in [0.5, 0.6) is 11.5 Å². The summed E-state index contributed by atoms with van der Waals surface area (Å²) in [4.78, 5) is 4.37. The summed E-state index contributed by atoms with van der Waals surface area (Å²) in [6.07, 6.45) is 6.24. The Hall–Kier alpha value is -1.22. The largest absolute Gasteiger partial charge is 0.493 e. The van der Waals surface area contributed by atoms with Gasteiger partial charge in [0.2, 0.25) is 0 Å². The molecule has 1 fully saturated rings. The van der Waals surface area contributed by atoms with Gasteiger partial charge >= 0.3 is 0 Å². The zero-order valence-corrected chi connectivity index (χ0v) is 20.0. The van der Waals surface area contributed by atoms with Crippen molar-refractivity contribution in [2.45, 2.75) is 45.6 Å². The summed E-state index contributed by atoms with van der Waals surface area (Å²) in [6, 6.07) is 6.00. The average molecular weight is 505 g/mol. The summed E-state index contributed by atoms with van der Waals surface area (Å²) in [5.74, 6) is 2.35. The van der Waals surface area contributed by atoms with Crippen molar-refractivity contribution in [1.82, 2.24) is 10.6 Å². The molecule has 0 heterocycles. The minimum Gasteiger partial charge on any atom is -0.493 e. The molecule has 2 N–H and O–H groups in total. The van der Waals surface area contributed by atoms with E-state index in [2.05, 4.69) is 15.6 Å². The first kappa shape index (κ1) is 24.8. The molecule has 1 saturated carbocycles. The Labute approximate surface area is 186 Å². The summed E-state index contributed by atoms with van der Waals surface area (Å²) in [7, 11) is 5.25. The number of ether oxygens (including phenoxy) is 3. The predicted molar refractivity (Wildman–Crippen MR) is 125 cm³/mol. The molecule has 7 heteroatoms. The summed E-state index contributed by atoms with van der Waals surface area (Å²) in [6.45, 7) is 5.01. The monoisotopic (exact) mass is 505 g/mol. The number of benzene rings is 1. The molecule has 1 aliphatic rings. The number of hydrogen-bond acceptors (Lipinski definition) is 4. The van der Waals surface area contributed by atoms with Gasteiger partial charge in [0.1, 0.15) is 0 Å². The highest BCUT2D eigenvalue weighted by atomic mass is 127. The fourth-order valence-corrected chi connectivity index (χ4v) is 3.73. The zero-order valence-electron chi connectivity index (χ0n) is 17.7. The summed E-state index contributed by atoms with van der Waals surface area (Å²) >= 11 is 0. The first-order valence-electron chi connectivity index (χ1n) is 9.89. The van der Waals surface area contributed by atoms with E-state index in [-0.39, 0.29) is 24.0 Å². The Balaban J connectivity index is 0.00000392. The van der Waals surface area contributed by atoms with Crippen LogP contribution >= 0.6 is 24.0 Å². The van der Waals surface area contributed by atoms with Crippen LogP contribution < -0.4 is 20.1 Å². The highest BCUT2D eigenvalue weighted by molar-refractivity contribution is 14.0. The van der Waals surface area contributed by atoms with E-state index in [4.69, 9.17) is 14.2 Å². The Morgan fingerprint density at radius 1 is 1.14 bits per heavy atom. The molecule has 0 saturated heterocycles. The van der Waals surface area contributed by atoms with Gasteiger partial charge in [-0.15, -0.1) is 24.0 Å². The molecule has 0 amide bonds. The summed E-state index contributed by atoms with van der Waals surface area (Å²) in [5, 5.41) is 6.92. The lowest BCUT2D eigenvalue weighted by Crippen LogP contribution is -2.43. The summed E-state index contributed by atoms with van der Waals surface area (Å²) < 4.78 is 16.3. The van der Waals surface area contributed by atoms with Gasteiger partial charge < -0.3 is 24.8 Å². The second-order valence-electron chi connectivity index (χ2n) is 7.15. The third-order valence-electron chi connectivity index (χ3n) is 5.34. The van der Waals surface area contributed by atoms with Crippen LogP contribution in [-0.2, 0) is 11.3 Å². The molecule has 1 aromatic rings. The number of halogens is 1. The third kappa shape index (κ3) is 7.31. The lowest BCUT2D eigenvalue weighted by molar-refractivity contribution is 0.138. The molecule has 2 rings (SSSR count). The van der Waals surface area contributed by atoms with Crippen LogP contribution in [0.1, 0.15) is 44.6 Å². The van der Waals surface area contributed by atoms with E-state index < -0.39 is 0 Å². The maximum absolute atomic E-state index is 5.58. The van der Waals surface area contributed by atoms with Crippen LogP contribution in [0.25, 0.3) is 0 Å². The SMILES string of the molecule is CCOc1ccc(CNC(=NC)NCC2(CCOC)CCCC2)cc1OC.I. The normalized spacial score (nSPS) is 15.6. The van der Waals surface area contributed by atoms with Crippen molar-refractivity contribution in [3.05, 3.63) is 23.8 Å². The van der Waals surface area contributed by atoms with E-state index in [1.807, 2.05) is 32.2 Å². The molecule has 0 aromatic heterocycles. The first-order chi connectivity index (χ1) is 13.2. The van der Waals surface area contributed by atoms with E-state index in [9.17, 15) is 0 Å². The maximum Gasteiger partial charge on any atom is 0.191 e. The highest BCUT2D eigenvalue weighted by Crippen LogP contribution is 2.40. The van der Waals surface area contributed by atoms with Gasteiger partial charge in [-0.2, -0.15) is 0 Å². The van der Waals surface area contributed by atoms with Crippen LogP contribution in [0.2, 0.25) is 0 Å². The van der Waals surface area contributed by atoms with E-state index in [0.717, 1.165) is 42.6 Å². The number of nitrogens with one attached hydrogen (secondary N) is 2. The quantitative estimate of drug-likeness (QED) is 0.286. The van der Waals surface area contributed by atoms with Crippen molar-refractivity contribution >= 4 is 29.9 Å². The van der Waals surface area contributed by atoms with Crippen LogP contribution in [-0.4, -0.2) is 47.0 Å². The summed E-state index contributed by atoms with van der Waals surface area (Å²) in [5.41, 5.74) is 1.45. The topological polar surface area (TPSA) is 64.1 Å². The Morgan fingerprint density at radius 2 is 1.89 bits per heavy atom. The fourth-order valence-electron chi connectivity index (χ4n) is 3.73. The van der Waals surface area contributed by atoms with Crippen molar-refractivity contribution in [3.63, 3.8) is 0 Å².